The number of hydrogen-bond acceptors (Lipinski definition) is 4. The number of aromatic hydroxyl groups is 1. The largest absolute Gasteiger partial charge is 0.508 e. The molecule has 2 rings (SSSR count). The number of amides is 2. The van der Waals surface area contributed by atoms with E-state index in [4.69, 9.17) is 5.73 Å². The number of nitrogens with two attached hydrogens (primary N) is 1. The number of benzene rings is 1. The van der Waals surface area contributed by atoms with Crippen LogP contribution >= 0.6 is 0 Å². The molecule has 3 N–H and O–H groups in total. The maximum Gasteiger partial charge on any atom is 0.254 e. The highest BCUT2D eigenvalue weighted by molar-refractivity contribution is 5.94. The molecule has 1 atom stereocenters. The van der Waals surface area contributed by atoms with Gasteiger partial charge in [-0.2, -0.15) is 0 Å². The summed E-state index contributed by atoms with van der Waals surface area (Å²) in [5, 5.41) is 9.45. The van der Waals surface area contributed by atoms with Crippen LogP contribution in [-0.2, 0) is 4.79 Å². The first-order valence-corrected chi connectivity index (χ1v) is 7.53. The molecule has 0 spiro atoms. The maximum absolute atomic E-state index is 12.4. The van der Waals surface area contributed by atoms with E-state index in [1.165, 1.54) is 12.1 Å². The zero-order valence-electron chi connectivity index (χ0n) is 13.0. The van der Waals surface area contributed by atoms with E-state index in [0.29, 0.717) is 31.7 Å². The SMILES string of the molecule is CC(C)[C@H](N)C(=O)N1CCN(C(=O)c2cccc(O)c2)CC1. The van der Waals surface area contributed by atoms with E-state index in [1.807, 2.05) is 13.8 Å². The van der Waals surface area contributed by atoms with E-state index in [-0.39, 0.29) is 23.5 Å². The van der Waals surface area contributed by atoms with Gasteiger partial charge in [-0.15, -0.1) is 0 Å². The number of carbonyl (C=O) groups excluding carboxylic acids is 2. The minimum Gasteiger partial charge on any atom is -0.508 e. The van der Waals surface area contributed by atoms with E-state index in [0.717, 1.165) is 0 Å². The second kappa shape index (κ2) is 6.79. The van der Waals surface area contributed by atoms with Crippen molar-refractivity contribution >= 4 is 11.8 Å². The molecule has 2 amide bonds. The molecule has 0 aromatic heterocycles. The summed E-state index contributed by atoms with van der Waals surface area (Å²) in [7, 11) is 0. The van der Waals surface area contributed by atoms with E-state index in [2.05, 4.69) is 0 Å². The summed E-state index contributed by atoms with van der Waals surface area (Å²) in [6.45, 7) is 5.78. The number of piperazine rings is 1. The second-order valence-corrected chi connectivity index (χ2v) is 5.94. The zero-order chi connectivity index (χ0) is 16.3. The van der Waals surface area contributed by atoms with Gasteiger partial charge in [-0.1, -0.05) is 19.9 Å². The van der Waals surface area contributed by atoms with Crippen molar-refractivity contribution in [3.63, 3.8) is 0 Å². The summed E-state index contributed by atoms with van der Waals surface area (Å²) in [6.07, 6.45) is 0. The molecule has 22 heavy (non-hydrogen) atoms. The molecule has 1 aliphatic heterocycles. The molecule has 1 aliphatic rings. The van der Waals surface area contributed by atoms with Gasteiger partial charge in [0, 0.05) is 31.7 Å². The Morgan fingerprint density at radius 2 is 1.73 bits per heavy atom. The third kappa shape index (κ3) is 3.57. The van der Waals surface area contributed by atoms with E-state index in [9.17, 15) is 14.7 Å². The normalized spacial score (nSPS) is 16.7. The Kier molecular flexibility index (Phi) is 5.03. The second-order valence-electron chi connectivity index (χ2n) is 5.94. The highest BCUT2D eigenvalue weighted by Crippen LogP contribution is 2.15. The fourth-order valence-electron chi connectivity index (χ4n) is 2.45. The highest BCUT2D eigenvalue weighted by Gasteiger charge is 2.28. The van der Waals surface area contributed by atoms with Gasteiger partial charge in [0.15, 0.2) is 0 Å². The van der Waals surface area contributed by atoms with Gasteiger partial charge in [0.05, 0.1) is 6.04 Å². The Morgan fingerprint density at radius 1 is 1.14 bits per heavy atom. The molecule has 0 bridgehead atoms. The minimum atomic E-state index is -0.492. The van der Waals surface area contributed by atoms with Crippen molar-refractivity contribution in [3.05, 3.63) is 29.8 Å². The quantitative estimate of drug-likeness (QED) is 0.859. The number of phenolic OH excluding ortho intramolecular Hbond substituents is 1. The van der Waals surface area contributed by atoms with Crippen LogP contribution in [0.15, 0.2) is 24.3 Å². The summed E-state index contributed by atoms with van der Waals surface area (Å²) in [5.74, 6) is -0.0161. The molecular weight excluding hydrogens is 282 g/mol. The molecule has 0 saturated carbocycles. The molecule has 1 aromatic rings. The van der Waals surface area contributed by atoms with Crippen LogP contribution in [0.25, 0.3) is 0 Å². The fraction of sp³-hybridized carbons (Fsp3) is 0.500. The van der Waals surface area contributed by atoms with Gasteiger partial charge < -0.3 is 20.6 Å². The third-order valence-corrected chi connectivity index (χ3v) is 3.98. The van der Waals surface area contributed by atoms with Crippen molar-refractivity contribution in [2.75, 3.05) is 26.2 Å². The summed E-state index contributed by atoms with van der Waals surface area (Å²) in [5.41, 5.74) is 6.35. The average Bonchev–Trinajstić information content (AvgIpc) is 2.52. The van der Waals surface area contributed by atoms with Crippen LogP contribution in [-0.4, -0.2) is 58.9 Å². The van der Waals surface area contributed by atoms with Crippen LogP contribution in [0.2, 0.25) is 0 Å². The van der Waals surface area contributed by atoms with Crippen LogP contribution in [0, 0.1) is 5.92 Å². The predicted octanol–water partition coefficient (Wildman–Crippen LogP) is 0.660. The Hall–Kier alpha value is -2.08. The topological polar surface area (TPSA) is 86.9 Å². The van der Waals surface area contributed by atoms with Crippen molar-refractivity contribution in [2.45, 2.75) is 19.9 Å². The van der Waals surface area contributed by atoms with Crippen LogP contribution in [0.1, 0.15) is 24.2 Å². The number of phenols is 1. The minimum absolute atomic E-state index is 0.0561. The lowest BCUT2D eigenvalue weighted by Crippen LogP contribution is -2.55. The van der Waals surface area contributed by atoms with Gasteiger partial charge in [0.1, 0.15) is 5.75 Å². The number of rotatable bonds is 3. The molecule has 6 heteroatoms. The monoisotopic (exact) mass is 305 g/mol. The smallest absolute Gasteiger partial charge is 0.254 e. The summed E-state index contributed by atoms with van der Waals surface area (Å²) < 4.78 is 0. The molecule has 6 nitrogen and oxygen atoms in total. The molecule has 0 unspecified atom stereocenters. The van der Waals surface area contributed by atoms with Crippen LogP contribution in [0.5, 0.6) is 5.75 Å². The van der Waals surface area contributed by atoms with Crippen LogP contribution in [0.3, 0.4) is 0 Å². The first-order valence-electron chi connectivity index (χ1n) is 7.53. The van der Waals surface area contributed by atoms with Crippen LogP contribution in [0.4, 0.5) is 0 Å². The molecule has 1 saturated heterocycles. The van der Waals surface area contributed by atoms with Gasteiger partial charge in [0.2, 0.25) is 5.91 Å². The molecular formula is C16H23N3O3. The number of hydrogen-bond donors (Lipinski definition) is 2. The molecule has 1 fully saturated rings. The maximum atomic E-state index is 12.4. The average molecular weight is 305 g/mol. The van der Waals surface area contributed by atoms with Crippen molar-refractivity contribution in [2.24, 2.45) is 11.7 Å². The first kappa shape index (κ1) is 16.3. The fourth-order valence-corrected chi connectivity index (χ4v) is 2.45. The Balaban J connectivity index is 1.95. The van der Waals surface area contributed by atoms with Gasteiger partial charge in [-0.25, -0.2) is 0 Å². The molecule has 1 aromatic carbocycles. The standard InChI is InChI=1S/C16H23N3O3/c1-11(2)14(17)16(22)19-8-6-18(7-9-19)15(21)12-4-3-5-13(20)10-12/h3-5,10-11,14,20H,6-9,17H2,1-2H3/t14-/m0/s1. The van der Waals surface area contributed by atoms with E-state index in [1.54, 1.807) is 21.9 Å². The Labute approximate surface area is 130 Å². The van der Waals surface area contributed by atoms with Gasteiger partial charge in [0.25, 0.3) is 5.91 Å². The molecule has 120 valence electrons. The zero-order valence-corrected chi connectivity index (χ0v) is 13.0. The molecule has 0 aliphatic carbocycles. The van der Waals surface area contributed by atoms with Crippen molar-refractivity contribution in [1.82, 2.24) is 9.80 Å². The van der Waals surface area contributed by atoms with Gasteiger partial charge in [-0.05, 0) is 24.1 Å². The van der Waals surface area contributed by atoms with E-state index >= 15 is 0 Å². The lowest BCUT2D eigenvalue weighted by molar-refractivity contribution is -0.135. The van der Waals surface area contributed by atoms with Crippen LogP contribution < -0.4 is 5.73 Å². The first-order chi connectivity index (χ1) is 10.4. The van der Waals surface area contributed by atoms with Crippen molar-refractivity contribution < 1.29 is 14.7 Å². The molecule has 1 heterocycles. The number of carbonyl (C=O) groups is 2. The third-order valence-electron chi connectivity index (χ3n) is 3.98. The lowest BCUT2D eigenvalue weighted by atomic mass is 10.0. The van der Waals surface area contributed by atoms with Gasteiger partial charge in [-0.3, -0.25) is 9.59 Å². The highest BCUT2D eigenvalue weighted by atomic mass is 16.3. The van der Waals surface area contributed by atoms with Crippen molar-refractivity contribution in [3.8, 4) is 5.75 Å². The summed E-state index contributed by atoms with van der Waals surface area (Å²) in [6, 6.07) is 5.81. The lowest BCUT2D eigenvalue weighted by Gasteiger charge is -2.36. The van der Waals surface area contributed by atoms with E-state index < -0.39 is 6.04 Å². The molecule has 0 radical (unpaired) electrons. The Bertz CT molecular complexity index is 551. The summed E-state index contributed by atoms with van der Waals surface area (Å²) in [4.78, 5) is 28.0. The summed E-state index contributed by atoms with van der Waals surface area (Å²) >= 11 is 0. The Morgan fingerprint density at radius 3 is 2.27 bits per heavy atom. The number of nitrogens with zero attached hydrogens (tertiary/aromatic N) is 2. The predicted molar refractivity (Wildman–Crippen MR) is 83.4 cm³/mol. The van der Waals surface area contributed by atoms with Gasteiger partial charge >= 0.3 is 0 Å². The van der Waals surface area contributed by atoms with Crippen molar-refractivity contribution in [1.29, 1.82) is 0 Å².